The van der Waals surface area contributed by atoms with E-state index in [1.165, 1.54) is 0 Å². The minimum Gasteiger partial charge on any atom is -0.395 e. The van der Waals surface area contributed by atoms with Crippen molar-refractivity contribution in [3.63, 3.8) is 0 Å². The quantitative estimate of drug-likeness (QED) is 0.793. The van der Waals surface area contributed by atoms with E-state index in [0.717, 1.165) is 17.0 Å². The van der Waals surface area contributed by atoms with Gasteiger partial charge in [-0.05, 0) is 33.4 Å². The lowest BCUT2D eigenvalue weighted by Crippen LogP contribution is -2.41. The summed E-state index contributed by atoms with van der Waals surface area (Å²) in [4.78, 5) is 11.9. The molecule has 1 aromatic heterocycles. The summed E-state index contributed by atoms with van der Waals surface area (Å²) in [6.45, 7) is 5.70. The van der Waals surface area contributed by atoms with Crippen LogP contribution in [0.2, 0.25) is 0 Å². The molecule has 0 bridgehead atoms. The first kappa shape index (κ1) is 16.0. The summed E-state index contributed by atoms with van der Waals surface area (Å²) in [5.41, 5.74) is 1.85. The van der Waals surface area contributed by atoms with Crippen LogP contribution in [0.3, 0.4) is 0 Å². The molecule has 0 aliphatic heterocycles. The molecule has 0 aliphatic rings. The highest BCUT2D eigenvalue weighted by atomic mass is 32.2. The van der Waals surface area contributed by atoms with E-state index in [-0.39, 0.29) is 23.8 Å². The third-order valence-corrected chi connectivity index (χ3v) is 4.38. The molecule has 2 N–H and O–H groups in total. The van der Waals surface area contributed by atoms with Crippen molar-refractivity contribution in [3.8, 4) is 0 Å². The van der Waals surface area contributed by atoms with Crippen LogP contribution in [0.5, 0.6) is 0 Å². The van der Waals surface area contributed by atoms with Crippen molar-refractivity contribution < 1.29 is 14.4 Å². The number of aromatic nitrogens is 1. The van der Waals surface area contributed by atoms with Crippen LogP contribution in [0.4, 0.5) is 0 Å². The zero-order valence-electron chi connectivity index (χ0n) is 11.9. The van der Waals surface area contributed by atoms with Gasteiger partial charge in [0.1, 0.15) is 5.76 Å². The van der Waals surface area contributed by atoms with Crippen molar-refractivity contribution in [1.29, 1.82) is 0 Å². The molecule has 0 saturated heterocycles. The number of hydrogen-bond donors (Lipinski definition) is 2. The van der Waals surface area contributed by atoms with E-state index >= 15 is 0 Å². The Labute approximate surface area is 118 Å². The molecule has 1 heterocycles. The van der Waals surface area contributed by atoms with Crippen molar-refractivity contribution in [3.05, 3.63) is 17.0 Å². The molecule has 2 atom stereocenters. The monoisotopic (exact) mass is 286 g/mol. The predicted octanol–water partition coefficient (Wildman–Crippen LogP) is 1.45. The topological polar surface area (TPSA) is 75.4 Å². The Hall–Kier alpha value is -1.01. The van der Waals surface area contributed by atoms with E-state index < -0.39 is 0 Å². The molecule has 6 heteroatoms. The van der Waals surface area contributed by atoms with E-state index in [2.05, 4.69) is 10.5 Å². The number of nitrogens with one attached hydrogen (secondary N) is 1. The first-order valence-corrected chi connectivity index (χ1v) is 7.63. The SMILES string of the molecule is CSC(CO)C(C)NC(=O)CCc1c(C)noc1C. The van der Waals surface area contributed by atoms with E-state index in [9.17, 15) is 4.79 Å². The standard InChI is InChI=1S/C13H22N2O3S/c1-8-11(10(3)18-15-8)5-6-13(17)14-9(2)12(7-16)19-4/h9,12,16H,5-7H2,1-4H3,(H,14,17). The summed E-state index contributed by atoms with van der Waals surface area (Å²) >= 11 is 1.55. The number of aryl methyl sites for hydroxylation is 2. The maximum Gasteiger partial charge on any atom is 0.220 e. The molecular weight excluding hydrogens is 264 g/mol. The Kier molecular flexibility index (Phi) is 6.37. The lowest BCUT2D eigenvalue weighted by molar-refractivity contribution is -0.121. The van der Waals surface area contributed by atoms with Crippen LogP contribution < -0.4 is 5.32 Å². The summed E-state index contributed by atoms with van der Waals surface area (Å²) in [5, 5.41) is 16.0. The third-order valence-electron chi connectivity index (χ3n) is 3.21. The first-order chi connectivity index (χ1) is 8.99. The molecule has 1 rings (SSSR count). The fourth-order valence-electron chi connectivity index (χ4n) is 1.95. The van der Waals surface area contributed by atoms with Gasteiger partial charge in [0.25, 0.3) is 0 Å². The summed E-state index contributed by atoms with van der Waals surface area (Å²) in [7, 11) is 0. The molecule has 5 nitrogen and oxygen atoms in total. The zero-order chi connectivity index (χ0) is 14.4. The second-order valence-corrected chi connectivity index (χ2v) is 5.69. The fourth-order valence-corrected chi connectivity index (χ4v) is 2.58. The molecule has 0 radical (unpaired) electrons. The van der Waals surface area contributed by atoms with Crippen molar-refractivity contribution in [2.75, 3.05) is 12.9 Å². The summed E-state index contributed by atoms with van der Waals surface area (Å²) in [5.74, 6) is 0.760. The van der Waals surface area contributed by atoms with Crippen molar-refractivity contribution >= 4 is 17.7 Å². The number of amides is 1. The zero-order valence-corrected chi connectivity index (χ0v) is 12.7. The predicted molar refractivity (Wildman–Crippen MR) is 76.3 cm³/mol. The molecule has 0 aliphatic carbocycles. The number of aliphatic hydroxyl groups excluding tert-OH is 1. The van der Waals surface area contributed by atoms with Crippen LogP contribution in [-0.2, 0) is 11.2 Å². The number of thioether (sulfide) groups is 1. The van der Waals surface area contributed by atoms with Gasteiger partial charge in [0.05, 0.1) is 12.3 Å². The van der Waals surface area contributed by atoms with Crippen LogP contribution in [0.25, 0.3) is 0 Å². The van der Waals surface area contributed by atoms with Crippen LogP contribution in [0, 0.1) is 13.8 Å². The van der Waals surface area contributed by atoms with Gasteiger partial charge in [-0.15, -0.1) is 0 Å². The molecule has 1 amide bonds. The van der Waals surface area contributed by atoms with Crippen LogP contribution >= 0.6 is 11.8 Å². The lowest BCUT2D eigenvalue weighted by atomic mass is 10.1. The number of carbonyl (C=O) groups is 1. The smallest absolute Gasteiger partial charge is 0.220 e. The minimum absolute atomic E-state index is 0.0139. The van der Waals surface area contributed by atoms with Crippen LogP contribution in [0.1, 0.15) is 30.4 Å². The highest BCUT2D eigenvalue weighted by molar-refractivity contribution is 7.99. The van der Waals surface area contributed by atoms with Gasteiger partial charge in [-0.3, -0.25) is 4.79 Å². The highest BCUT2D eigenvalue weighted by Gasteiger charge is 2.18. The Balaban J connectivity index is 2.44. The van der Waals surface area contributed by atoms with Gasteiger partial charge in [-0.25, -0.2) is 0 Å². The van der Waals surface area contributed by atoms with Gasteiger partial charge >= 0.3 is 0 Å². The van der Waals surface area contributed by atoms with E-state index in [1.807, 2.05) is 27.0 Å². The van der Waals surface area contributed by atoms with Gasteiger partial charge < -0.3 is 14.9 Å². The average molecular weight is 286 g/mol. The molecule has 2 unspecified atom stereocenters. The van der Waals surface area contributed by atoms with Gasteiger partial charge in [-0.2, -0.15) is 11.8 Å². The van der Waals surface area contributed by atoms with Gasteiger partial charge in [0.15, 0.2) is 0 Å². The first-order valence-electron chi connectivity index (χ1n) is 6.34. The third kappa shape index (κ3) is 4.54. The molecule has 0 saturated carbocycles. The highest BCUT2D eigenvalue weighted by Crippen LogP contribution is 2.15. The number of aliphatic hydroxyl groups is 1. The second kappa shape index (κ2) is 7.55. The summed E-state index contributed by atoms with van der Waals surface area (Å²) < 4.78 is 5.06. The maximum atomic E-state index is 11.9. The largest absolute Gasteiger partial charge is 0.395 e. The summed E-state index contributed by atoms with van der Waals surface area (Å²) in [6.07, 6.45) is 2.95. The Morgan fingerprint density at radius 2 is 2.21 bits per heavy atom. The van der Waals surface area contributed by atoms with Crippen molar-refractivity contribution in [1.82, 2.24) is 10.5 Å². The average Bonchev–Trinajstić information content (AvgIpc) is 2.68. The van der Waals surface area contributed by atoms with Crippen LogP contribution in [-0.4, -0.2) is 40.3 Å². The maximum absolute atomic E-state index is 11.9. The Morgan fingerprint density at radius 1 is 1.53 bits per heavy atom. The molecule has 0 fully saturated rings. The van der Waals surface area contributed by atoms with Crippen molar-refractivity contribution in [2.45, 2.75) is 44.9 Å². The normalized spacial score (nSPS) is 14.2. The Morgan fingerprint density at radius 3 is 2.68 bits per heavy atom. The second-order valence-electron chi connectivity index (χ2n) is 4.62. The summed E-state index contributed by atoms with van der Waals surface area (Å²) in [6, 6.07) is -0.0443. The van der Waals surface area contributed by atoms with Gasteiger partial charge in [-0.1, -0.05) is 5.16 Å². The number of carbonyl (C=O) groups excluding carboxylic acids is 1. The number of nitrogens with zero attached hydrogens (tertiary/aromatic N) is 1. The minimum atomic E-state index is -0.0443. The number of rotatable bonds is 7. The Bertz CT molecular complexity index is 397. The van der Waals surface area contributed by atoms with Crippen LogP contribution in [0.15, 0.2) is 4.52 Å². The fraction of sp³-hybridized carbons (Fsp3) is 0.692. The molecule has 1 aromatic rings. The lowest BCUT2D eigenvalue weighted by Gasteiger charge is -2.21. The molecule has 0 spiro atoms. The molecule has 108 valence electrons. The molecule has 0 aromatic carbocycles. The van der Waals surface area contributed by atoms with Crippen molar-refractivity contribution in [2.24, 2.45) is 0 Å². The van der Waals surface area contributed by atoms with E-state index in [1.54, 1.807) is 11.8 Å². The van der Waals surface area contributed by atoms with Gasteiger partial charge in [0, 0.05) is 23.3 Å². The molecule has 19 heavy (non-hydrogen) atoms. The molecular formula is C13H22N2O3S. The van der Waals surface area contributed by atoms with Gasteiger partial charge in [0.2, 0.25) is 5.91 Å². The van der Waals surface area contributed by atoms with E-state index in [4.69, 9.17) is 9.63 Å². The number of hydrogen-bond acceptors (Lipinski definition) is 5. The van der Waals surface area contributed by atoms with E-state index in [0.29, 0.717) is 12.8 Å².